The van der Waals surface area contributed by atoms with Crippen LogP contribution in [-0.2, 0) is 11.2 Å². The Morgan fingerprint density at radius 1 is 1.53 bits per heavy atom. The van der Waals surface area contributed by atoms with Crippen molar-refractivity contribution in [2.24, 2.45) is 0 Å². The molecule has 0 bridgehead atoms. The van der Waals surface area contributed by atoms with E-state index in [1.807, 2.05) is 12.1 Å². The van der Waals surface area contributed by atoms with E-state index in [-0.39, 0.29) is 0 Å². The molecule has 2 N–H and O–H groups in total. The molecule has 0 aromatic heterocycles. The smallest absolute Gasteiger partial charge is 0.328 e. The van der Waals surface area contributed by atoms with Crippen molar-refractivity contribution in [2.45, 2.75) is 25.8 Å². The number of carboxylic acid groups (broad SMARTS) is 1. The lowest BCUT2D eigenvalue weighted by Gasteiger charge is -2.22. The van der Waals surface area contributed by atoms with Gasteiger partial charge in [-0.1, -0.05) is 33.6 Å². The van der Waals surface area contributed by atoms with E-state index in [0.29, 0.717) is 10.7 Å². The fourth-order valence-electron chi connectivity index (χ4n) is 1.34. The van der Waals surface area contributed by atoms with Crippen LogP contribution < -0.4 is 5.32 Å². The van der Waals surface area contributed by atoms with E-state index in [1.54, 1.807) is 19.9 Å². The van der Waals surface area contributed by atoms with E-state index >= 15 is 0 Å². The normalized spacial score (nSPS) is 11.3. The minimum atomic E-state index is -1.01. The lowest BCUT2D eigenvalue weighted by Crippen LogP contribution is -2.39. The molecule has 0 heterocycles. The zero-order valence-corrected chi connectivity index (χ0v) is 12.1. The van der Waals surface area contributed by atoms with Gasteiger partial charge in [-0.15, -0.1) is 0 Å². The second-order valence-corrected chi connectivity index (χ2v) is 5.50. The van der Waals surface area contributed by atoms with Crippen LogP contribution in [-0.4, -0.2) is 21.9 Å². The Kier molecular flexibility index (Phi) is 4.83. The van der Waals surface area contributed by atoms with Crippen LogP contribution in [0, 0.1) is 0 Å². The molecular weight excluding hydrogens is 305 g/mol. The molecule has 0 spiro atoms. The van der Waals surface area contributed by atoms with Crippen LogP contribution in [0.15, 0.2) is 18.2 Å². The Balaban J connectivity index is 2.87. The van der Waals surface area contributed by atoms with Crippen LogP contribution >= 0.6 is 27.5 Å². The highest BCUT2D eigenvalue weighted by molar-refractivity contribution is 9.09. The van der Waals surface area contributed by atoms with E-state index in [9.17, 15) is 4.79 Å². The number of rotatable bonds is 5. The summed E-state index contributed by atoms with van der Waals surface area (Å²) in [5, 5.41) is 13.4. The van der Waals surface area contributed by atoms with Crippen LogP contribution in [0.4, 0.5) is 5.69 Å². The highest BCUT2D eigenvalue weighted by Crippen LogP contribution is 2.24. The third-order valence-electron chi connectivity index (χ3n) is 2.41. The predicted molar refractivity (Wildman–Crippen MR) is 74.3 cm³/mol. The van der Waals surface area contributed by atoms with Crippen LogP contribution in [0.1, 0.15) is 19.4 Å². The van der Waals surface area contributed by atoms with Crippen LogP contribution in [0.5, 0.6) is 0 Å². The van der Waals surface area contributed by atoms with Gasteiger partial charge in [0.15, 0.2) is 0 Å². The Morgan fingerprint density at radius 2 is 2.18 bits per heavy atom. The van der Waals surface area contributed by atoms with Crippen molar-refractivity contribution in [3.05, 3.63) is 28.8 Å². The molecule has 0 unspecified atom stereocenters. The van der Waals surface area contributed by atoms with Crippen LogP contribution in [0.3, 0.4) is 0 Å². The molecule has 17 heavy (non-hydrogen) atoms. The van der Waals surface area contributed by atoms with Gasteiger partial charge in [-0.05, 0) is 38.0 Å². The van der Waals surface area contributed by atoms with Crippen molar-refractivity contribution in [1.29, 1.82) is 0 Å². The zero-order chi connectivity index (χ0) is 13.1. The average Bonchev–Trinajstić information content (AvgIpc) is 2.21. The molecule has 0 radical (unpaired) electrons. The first-order chi connectivity index (χ1) is 7.86. The van der Waals surface area contributed by atoms with Crippen molar-refractivity contribution in [3.63, 3.8) is 0 Å². The van der Waals surface area contributed by atoms with Gasteiger partial charge in [-0.3, -0.25) is 0 Å². The number of aryl methyl sites for hydroxylation is 1. The van der Waals surface area contributed by atoms with Gasteiger partial charge in [-0.2, -0.15) is 0 Å². The number of alkyl halides is 1. The number of carbonyl (C=O) groups is 1. The summed E-state index contributed by atoms with van der Waals surface area (Å²) in [6.07, 6.45) is 0.849. The lowest BCUT2D eigenvalue weighted by atomic mass is 10.1. The molecule has 5 heteroatoms. The zero-order valence-electron chi connectivity index (χ0n) is 9.76. The monoisotopic (exact) mass is 319 g/mol. The first-order valence-corrected chi connectivity index (χ1v) is 6.72. The largest absolute Gasteiger partial charge is 0.480 e. The summed E-state index contributed by atoms with van der Waals surface area (Å²) >= 11 is 9.46. The number of hydrogen-bond donors (Lipinski definition) is 2. The predicted octanol–water partition coefficient (Wildman–Crippen LogP) is 3.55. The Labute approximate surface area is 114 Å². The van der Waals surface area contributed by atoms with Crippen molar-refractivity contribution < 1.29 is 9.90 Å². The number of carboxylic acids is 1. The summed E-state index contributed by atoms with van der Waals surface area (Å²) in [5.74, 6) is -0.904. The maximum absolute atomic E-state index is 11.0. The molecule has 94 valence electrons. The lowest BCUT2D eigenvalue weighted by molar-refractivity contribution is -0.141. The van der Waals surface area contributed by atoms with E-state index in [4.69, 9.17) is 16.7 Å². The molecule has 3 nitrogen and oxygen atoms in total. The van der Waals surface area contributed by atoms with Gasteiger partial charge in [0.1, 0.15) is 5.54 Å². The van der Waals surface area contributed by atoms with E-state index in [2.05, 4.69) is 21.2 Å². The number of aliphatic carboxylic acids is 1. The van der Waals surface area contributed by atoms with Crippen molar-refractivity contribution in [2.75, 3.05) is 10.6 Å². The standard InChI is InChI=1S/C12H15BrClNO2/c1-12(2,11(16)17)15-9-4-3-8(5-6-13)10(14)7-9/h3-4,7,15H,5-6H2,1-2H3,(H,16,17). The summed E-state index contributed by atoms with van der Waals surface area (Å²) in [4.78, 5) is 11.0. The van der Waals surface area contributed by atoms with Gasteiger partial charge < -0.3 is 10.4 Å². The number of benzene rings is 1. The molecule has 0 amide bonds. The van der Waals surface area contributed by atoms with Gasteiger partial charge in [0, 0.05) is 16.0 Å². The maximum Gasteiger partial charge on any atom is 0.328 e. The van der Waals surface area contributed by atoms with Gasteiger partial charge in [0.25, 0.3) is 0 Å². The quantitative estimate of drug-likeness (QED) is 0.816. The van der Waals surface area contributed by atoms with Crippen molar-refractivity contribution in [1.82, 2.24) is 0 Å². The Bertz CT molecular complexity index is 421. The summed E-state index contributed by atoms with van der Waals surface area (Å²) in [6.45, 7) is 3.21. The van der Waals surface area contributed by atoms with E-state index in [0.717, 1.165) is 17.3 Å². The minimum Gasteiger partial charge on any atom is -0.480 e. The minimum absolute atomic E-state index is 0.649. The second kappa shape index (κ2) is 5.74. The maximum atomic E-state index is 11.0. The Morgan fingerprint density at radius 3 is 2.65 bits per heavy atom. The Hall–Kier alpha value is -0.740. The SMILES string of the molecule is CC(C)(Nc1ccc(CCBr)c(Cl)c1)C(=O)O. The average molecular weight is 321 g/mol. The molecule has 0 saturated heterocycles. The number of anilines is 1. The van der Waals surface area contributed by atoms with Crippen molar-refractivity contribution in [3.8, 4) is 0 Å². The fraction of sp³-hybridized carbons (Fsp3) is 0.417. The second-order valence-electron chi connectivity index (χ2n) is 4.30. The summed E-state index contributed by atoms with van der Waals surface area (Å²) < 4.78 is 0. The van der Waals surface area contributed by atoms with Gasteiger partial charge in [-0.25, -0.2) is 4.79 Å². The van der Waals surface area contributed by atoms with E-state index in [1.165, 1.54) is 0 Å². The fourth-order valence-corrected chi connectivity index (χ4v) is 2.05. The first-order valence-electron chi connectivity index (χ1n) is 5.23. The topological polar surface area (TPSA) is 49.3 Å². The molecular formula is C12H15BrClNO2. The van der Waals surface area contributed by atoms with Crippen LogP contribution in [0.25, 0.3) is 0 Å². The molecule has 0 aliphatic rings. The third-order valence-corrected chi connectivity index (χ3v) is 3.16. The van der Waals surface area contributed by atoms with Gasteiger partial charge >= 0.3 is 5.97 Å². The highest BCUT2D eigenvalue weighted by Gasteiger charge is 2.26. The van der Waals surface area contributed by atoms with E-state index < -0.39 is 11.5 Å². The van der Waals surface area contributed by atoms with Crippen LogP contribution in [0.2, 0.25) is 5.02 Å². The van der Waals surface area contributed by atoms with Crippen molar-refractivity contribution >= 4 is 39.2 Å². The number of halogens is 2. The van der Waals surface area contributed by atoms with Gasteiger partial charge in [0.2, 0.25) is 0 Å². The molecule has 0 aliphatic heterocycles. The molecule has 1 aromatic rings. The molecule has 0 saturated carbocycles. The first kappa shape index (κ1) is 14.3. The molecule has 0 atom stereocenters. The highest BCUT2D eigenvalue weighted by atomic mass is 79.9. The molecule has 0 fully saturated rings. The summed E-state index contributed by atoms with van der Waals surface area (Å²) in [6, 6.07) is 5.50. The molecule has 1 rings (SSSR count). The van der Waals surface area contributed by atoms with Gasteiger partial charge in [0.05, 0.1) is 0 Å². The molecule has 0 aliphatic carbocycles. The summed E-state index contributed by atoms with van der Waals surface area (Å²) in [5.41, 5.74) is 0.739. The third kappa shape index (κ3) is 3.89. The number of hydrogen-bond acceptors (Lipinski definition) is 2. The summed E-state index contributed by atoms with van der Waals surface area (Å²) in [7, 11) is 0. The number of nitrogens with one attached hydrogen (secondary N) is 1. The molecule has 1 aromatic carbocycles.